The van der Waals surface area contributed by atoms with Crippen molar-refractivity contribution in [3.05, 3.63) is 81.8 Å². The van der Waals surface area contributed by atoms with E-state index in [1.165, 1.54) is 12.1 Å². The van der Waals surface area contributed by atoms with Crippen molar-refractivity contribution in [3.63, 3.8) is 0 Å². The van der Waals surface area contributed by atoms with Crippen LogP contribution in [-0.2, 0) is 13.1 Å². The summed E-state index contributed by atoms with van der Waals surface area (Å²) in [4.78, 5) is 23.4. The Morgan fingerprint density at radius 1 is 1.23 bits per heavy atom. The number of rotatable bonds is 6. The van der Waals surface area contributed by atoms with Crippen molar-refractivity contribution in [3.8, 4) is 17.0 Å². The summed E-state index contributed by atoms with van der Waals surface area (Å²) in [5.41, 5.74) is 4.48. The molecule has 0 spiro atoms. The van der Waals surface area contributed by atoms with Gasteiger partial charge in [-0.2, -0.15) is 0 Å². The number of hydrogen-bond donors (Lipinski definition) is 0. The maximum Gasteiger partial charge on any atom is 0.272 e. The van der Waals surface area contributed by atoms with E-state index in [2.05, 4.69) is 9.98 Å². The third-order valence-electron chi connectivity index (χ3n) is 5.12. The lowest BCUT2D eigenvalue weighted by molar-refractivity contribution is 0.0778. The molecule has 0 unspecified atom stereocenters. The van der Waals surface area contributed by atoms with Gasteiger partial charge in [-0.3, -0.25) is 9.79 Å². The van der Waals surface area contributed by atoms with Crippen LogP contribution in [0.5, 0.6) is 5.88 Å². The number of pyridine rings is 1. The largest absolute Gasteiger partial charge is 0.478 e. The molecule has 7 heteroatoms. The van der Waals surface area contributed by atoms with E-state index in [4.69, 9.17) is 16.3 Å². The highest BCUT2D eigenvalue weighted by atomic mass is 35.5. The second-order valence-electron chi connectivity index (χ2n) is 7.22. The van der Waals surface area contributed by atoms with Gasteiger partial charge in [-0.05, 0) is 53.9 Å². The van der Waals surface area contributed by atoms with Crippen molar-refractivity contribution in [2.45, 2.75) is 20.0 Å². The molecule has 1 aliphatic rings. The molecule has 0 saturated carbocycles. The molecule has 31 heavy (non-hydrogen) atoms. The molecule has 2 heterocycles. The lowest BCUT2D eigenvalue weighted by atomic mass is 10.0. The zero-order valence-corrected chi connectivity index (χ0v) is 18.0. The molecule has 0 radical (unpaired) electrons. The summed E-state index contributed by atoms with van der Waals surface area (Å²) >= 11 is 6.24. The number of aromatic nitrogens is 1. The Morgan fingerprint density at radius 3 is 2.84 bits per heavy atom. The number of fused-ring (bicyclic) bond motifs is 1. The summed E-state index contributed by atoms with van der Waals surface area (Å²) < 4.78 is 19.3. The number of ether oxygens (including phenoxy) is 1. The molecule has 3 aromatic rings. The molecule has 0 bridgehead atoms. The zero-order chi connectivity index (χ0) is 22.0. The maximum absolute atomic E-state index is 13.7. The highest BCUT2D eigenvalue weighted by Gasteiger charge is 2.20. The first kappa shape index (κ1) is 21.0. The van der Waals surface area contributed by atoms with Gasteiger partial charge in [0.05, 0.1) is 13.2 Å². The molecule has 0 saturated heterocycles. The van der Waals surface area contributed by atoms with E-state index in [1.54, 1.807) is 42.4 Å². The monoisotopic (exact) mass is 437 g/mol. The van der Waals surface area contributed by atoms with Crippen LogP contribution >= 0.6 is 11.6 Å². The average Bonchev–Trinajstić information content (AvgIpc) is 3.26. The van der Waals surface area contributed by atoms with E-state index in [-0.39, 0.29) is 17.4 Å². The maximum atomic E-state index is 13.7. The number of amides is 1. The molecule has 0 atom stereocenters. The lowest BCUT2D eigenvalue weighted by Gasteiger charge is -2.20. The Labute approximate surface area is 185 Å². The Bertz CT molecular complexity index is 1180. The number of aliphatic imine (C=N–C) groups is 1. The normalized spacial score (nSPS) is 12.0. The molecule has 1 amide bonds. The molecule has 4 rings (SSSR count). The Balaban J connectivity index is 1.60. The van der Waals surface area contributed by atoms with Gasteiger partial charge < -0.3 is 9.64 Å². The van der Waals surface area contributed by atoms with Gasteiger partial charge in [0.2, 0.25) is 5.88 Å². The molecule has 0 fully saturated rings. The highest BCUT2D eigenvalue weighted by molar-refractivity contribution is 6.33. The molecule has 0 aliphatic carbocycles. The van der Waals surface area contributed by atoms with Crippen molar-refractivity contribution < 1.29 is 13.9 Å². The fraction of sp³-hybridized carbons (Fsp3) is 0.208. The first-order valence-electron chi connectivity index (χ1n) is 9.93. The fourth-order valence-electron chi connectivity index (χ4n) is 3.59. The third-order valence-corrected chi connectivity index (χ3v) is 5.45. The van der Waals surface area contributed by atoms with Crippen LogP contribution in [0.3, 0.4) is 0 Å². The first-order chi connectivity index (χ1) is 15.0. The highest BCUT2D eigenvalue weighted by Crippen LogP contribution is 2.30. The summed E-state index contributed by atoms with van der Waals surface area (Å²) in [5.74, 6) is -0.290. The summed E-state index contributed by atoms with van der Waals surface area (Å²) in [6.07, 6.45) is 1.77. The number of benzene rings is 2. The van der Waals surface area contributed by atoms with E-state index in [0.29, 0.717) is 41.7 Å². The van der Waals surface area contributed by atoms with Crippen molar-refractivity contribution in [2.24, 2.45) is 4.99 Å². The number of halogens is 2. The summed E-state index contributed by atoms with van der Waals surface area (Å²) in [6, 6.07) is 13.3. The van der Waals surface area contributed by atoms with Crippen LogP contribution < -0.4 is 4.74 Å². The minimum atomic E-state index is -0.348. The van der Waals surface area contributed by atoms with Crippen LogP contribution in [0.25, 0.3) is 11.1 Å². The van der Waals surface area contributed by atoms with E-state index in [9.17, 15) is 9.18 Å². The van der Waals surface area contributed by atoms with Crippen LogP contribution in [0.4, 0.5) is 4.39 Å². The molecule has 0 N–H and O–H groups in total. The van der Waals surface area contributed by atoms with Gasteiger partial charge in [-0.1, -0.05) is 29.8 Å². The van der Waals surface area contributed by atoms with Crippen LogP contribution in [-0.4, -0.2) is 35.7 Å². The molecular formula is C24H21ClFN3O2. The van der Waals surface area contributed by atoms with Gasteiger partial charge in [-0.15, -0.1) is 0 Å². The minimum Gasteiger partial charge on any atom is -0.478 e. The van der Waals surface area contributed by atoms with Crippen molar-refractivity contribution in [1.82, 2.24) is 9.88 Å². The fourth-order valence-corrected chi connectivity index (χ4v) is 3.81. The number of carbonyl (C=O) groups is 1. The summed E-state index contributed by atoms with van der Waals surface area (Å²) in [5, 5.41) is 0.657. The van der Waals surface area contributed by atoms with Gasteiger partial charge >= 0.3 is 0 Å². The third kappa shape index (κ3) is 4.30. The minimum absolute atomic E-state index is 0.241. The first-order valence-corrected chi connectivity index (χ1v) is 10.3. The molecule has 5 nitrogen and oxygen atoms in total. The number of hydrogen-bond acceptors (Lipinski definition) is 4. The Morgan fingerprint density at radius 2 is 2.06 bits per heavy atom. The molecule has 158 valence electrons. The zero-order valence-electron chi connectivity index (χ0n) is 17.2. The smallest absolute Gasteiger partial charge is 0.272 e. The van der Waals surface area contributed by atoms with E-state index in [1.807, 2.05) is 19.1 Å². The number of nitrogens with zero attached hydrogens (tertiary/aromatic N) is 3. The predicted octanol–water partition coefficient (Wildman–Crippen LogP) is 5.14. The second-order valence-corrected chi connectivity index (χ2v) is 7.63. The van der Waals surface area contributed by atoms with Gasteiger partial charge in [-0.25, -0.2) is 9.37 Å². The van der Waals surface area contributed by atoms with E-state index < -0.39 is 0 Å². The van der Waals surface area contributed by atoms with Gasteiger partial charge in [0, 0.05) is 36.0 Å². The van der Waals surface area contributed by atoms with Crippen LogP contribution in [0.1, 0.15) is 34.1 Å². The quantitative estimate of drug-likeness (QED) is 0.536. The topological polar surface area (TPSA) is 54.8 Å². The SMILES string of the molecule is CCOc1nc(C(=O)N(C)Cc2ccc(Cl)c3c2CN=C3)ccc1-c1cccc(F)c1. The van der Waals surface area contributed by atoms with Crippen LogP contribution in [0.15, 0.2) is 53.5 Å². The van der Waals surface area contributed by atoms with Crippen molar-refractivity contribution in [1.29, 1.82) is 0 Å². The van der Waals surface area contributed by atoms with Gasteiger partial charge in [0.1, 0.15) is 11.5 Å². The van der Waals surface area contributed by atoms with Gasteiger partial charge in [0.15, 0.2) is 0 Å². The van der Waals surface area contributed by atoms with E-state index in [0.717, 1.165) is 16.7 Å². The summed E-state index contributed by atoms with van der Waals surface area (Å²) in [6.45, 7) is 3.17. The lowest BCUT2D eigenvalue weighted by Crippen LogP contribution is -2.27. The second kappa shape index (κ2) is 8.86. The predicted molar refractivity (Wildman–Crippen MR) is 119 cm³/mol. The molecule has 2 aromatic carbocycles. The van der Waals surface area contributed by atoms with Crippen molar-refractivity contribution >= 4 is 23.7 Å². The standard InChI is InChI=1S/C24H21ClFN3O2/c1-3-31-23-18(15-5-4-6-17(26)11-15)8-10-22(28-23)24(30)29(2)14-16-7-9-21(25)20-13-27-12-19(16)20/h4-11,13H,3,12,14H2,1-2H3. The Hall–Kier alpha value is -3.25. The molecule has 1 aliphatic heterocycles. The Kier molecular flexibility index (Phi) is 6.00. The molecular weight excluding hydrogens is 417 g/mol. The summed E-state index contributed by atoms with van der Waals surface area (Å²) in [7, 11) is 1.72. The average molecular weight is 438 g/mol. The number of carbonyl (C=O) groups excluding carboxylic acids is 1. The van der Waals surface area contributed by atoms with Crippen molar-refractivity contribution in [2.75, 3.05) is 13.7 Å². The van der Waals surface area contributed by atoms with Crippen LogP contribution in [0, 0.1) is 5.82 Å². The molecule has 1 aromatic heterocycles. The van der Waals surface area contributed by atoms with E-state index >= 15 is 0 Å². The van der Waals surface area contributed by atoms with Crippen LogP contribution in [0.2, 0.25) is 5.02 Å². The van der Waals surface area contributed by atoms with Gasteiger partial charge in [0.25, 0.3) is 5.91 Å².